The van der Waals surface area contributed by atoms with Crippen molar-refractivity contribution in [2.45, 2.75) is 12.8 Å². The summed E-state index contributed by atoms with van der Waals surface area (Å²) in [7, 11) is 0. The normalized spacial score (nSPS) is 12.3. The SMILES string of the molecule is C1=CCCC(c2ccc(-c3ccc(N(c4ccc(-c5ccccc5)cc4)c4ccc(-c5ccc(-c6ccccc6)cc5)cc4)cc3-c3ccccc3)cc2)=C1. The van der Waals surface area contributed by atoms with Crippen LogP contribution in [-0.2, 0) is 0 Å². The van der Waals surface area contributed by atoms with Crippen LogP contribution in [0.4, 0.5) is 17.1 Å². The minimum Gasteiger partial charge on any atom is -0.310 e. The molecule has 262 valence electrons. The van der Waals surface area contributed by atoms with Crippen LogP contribution in [0.1, 0.15) is 18.4 Å². The van der Waals surface area contributed by atoms with E-state index in [1.54, 1.807) is 0 Å². The summed E-state index contributed by atoms with van der Waals surface area (Å²) in [6.07, 6.45) is 8.85. The topological polar surface area (TPSA) is 3.24 Å². The van der Waals surface area contributed by atoms with E-state index in [1.807, 2.05) is 0 Å². The highest BCUT2D eigenvalue weighted by atomic mass is 15.1. The van der Waals surface area contributed by atoms with Crippen LogP contribution in [0.5, 0.6) is 0 Å². The van der Waals surface area contributed by atoms with Crippen LogP contribution in [0, 0.1) is 0 Å². The van der Waals surface area contributed by atoms with Gasteiger partial charge in [0.25, 0.3) is 0 Å². The Hall–Kier alpha value is -6.96. The molecule has 0 bridgehead atoms. The molecule has 55 heavy (non-hydrogen) atoms. The lowest BCUT2D eigenvalue weighted by Gasteiger charge is -2.27. The number of hydrogen-bond donors (Lipinski definition) is 0. The predicted octanol–water partition coefficient (Wildman–Crippen LogP) is 15.2. The molecule has 0 aliphatic heterocycles. The summed E-state index contributed by atoms with van der Waals surface area (Å²) in [6.45, 7) is 0. The van der Waals surface area contributed by atoms with E-state index in [0.29, 0.717) is 0 Å². The standard InChI is InChI=1S/C54H41N/c1-5-13-40(14-6-1)43-21-23-45(24-22-43)47-31-35-51(36-32-47)55(50-33-29-46(30-34-50)42-17-9-3-10-18-42)52-37-38-53(54(39-52)48-19-11-4-12-20-48)49-27-25-44(26-28-49)41-15-7-2-8-16-41/h1-7,9-15,17-39H,8,16H2. The van der Waals surface area contributed by atoms with Crippen LogP contribution in [0.2, 0.25) is 0 Å². The molecular weight excluding hydrogens is 663 g/mol. The van der Waals surface area contributed by atoms with Gasteiger partial charge in [0.05, 0.1) is 0 Å². The molecule has 0 saturated carbocycles. The Morgan fingerprint density at radius 3 is 1.16 bits per heavy atom. The van der Waals surface area contributed by atoms with Crippen molar-refractivity contribution in [3.05, 3.63) is 230 Å². The van der Waals surface area contributed by atoms with Crippen LogP contribution in [0.25, 0.3) is 61.2 Å². The molecule has 1 aliphatic carbocycles. The Morgan fingerprint density at radius 1 is 0.309 bits per heavy atom. The van der Waals surface area contributed by atoms with Crippen LogP contribution < -0.4 is 4.90 Å². The van der Waals surface area contributed by atoms with E-state index in [4.69, 9.17) is 0 Å². The molecular formula is C54H41N. The molecule has 8 aromatic carbocycles. The molecule has 9 rings (SSSR count). The summed E-state index contributed by atoms with van der Waals surface area (Å²) < 4.78 is 0. The summed E-state index contributed by atoms with van der Waals surface area (Å²) in [5, 5.41) is 0. The van der Waals surface area contributed by atoms with Crippen molar-refractivity contribution in [2.75, 3.05) is 4.90 Å². The third kappa shape index (κ3) is 7.34. The van der Waals surface area contributed by atoms with Gasteiger partial charge in [-0.25, -0.2) is 0 Å². The van der Waals surface area contributed by atoms with E-state index in [1.165, 1.54) is 66.8 Å². The maximum Gasteiger partial charge on any atom is 0.0468 e. The third-order valence-electron chi connectivity index (χ3n) is 10.6. The van der Waals surface area contributed by atoms with Gasteiger partial charge in [-0.3, -0.25) is 0 Å². The summed E-state index contributed by atoms with van der Waals surface area (Å²) in [6, 6.07) is 74.7. The van der Waals surface area contributed by atoms with Gasteiger partial charge in [0.2, 0.25) is 0 Å². The maximum atomic E-state index is 2.37. The van der Waals surface area contributed by atoms with E-state index in [9.17, 15) is 0 Å². The molecule has 0 N–H and O–H groups in total. The first-order valence-corrected chi connectivity index (χ1v) is 19.1. The second-order valence-electron chi connectivity index (χ2n) is 14.1. The molecule has 8 aromatic rings. The highest BCUT2D eigenvalue weighted by Crippen LogP contribution is 2.42. The molecule has 0 unspecified atom stereocenters. The lowest BCUT2D eigenvalue weighted by Crippen LogP contribution is -2.10. The van der Waals surface area contributed by atoms with Gasteiger partial charge in [-0.2, -0.15) is 0 Å². The second-order valence-corrected chi connectivity index (χ2v) is 14.1. The third-order valence-corrected chi connectivity index (χ3v) is 10.6. The van der Waals surface area contributed by atoms with Gasteiger partial charge in [0.15, 0.2) is 0 Å². The van der Waals surface area contributed by atoms with Crippen LogP contribution in [0.3, 0.4) is 0 Å². The molecule has 0 heterocycles. The molecule has 0 spiro atoms. The molecule has 0 radical (unpaired) electrons. The lowest BCUT2D eigenvalue weighted by atomic mass is 9.91. The summed E-state index contributed by atoms with van der Waals surface area (Å²) >= 11 is 0. The second kappa shape index (κ2) is 15.6. The van der Waals surface area contributed by atoms with E-state index in [2.05, 4.69) is 229 Å². The van der Waals surface area contributed by atoms with Gasteiger partial charge >= 0.3 is 0 Å². The van der Waals surface area contributed by atoms with Crippen molar-refractivity contribution in [1.82, 2.24) is 0 Å². The summed E-state index contributed by atoms with van der Waals surface area (Å²) in [4.78, 5) is 2.37. The zero-order valence-corrected chi connectivity index (χ0v) is 30.7. The Bertz CT molecular complexity index is 2560. The van der Waals surface area contributed by atoms with Gasteiger partial charge in [-0.1, -0.05) is 188 Å². The van der Waals surface area contributed by atoms with E-state index in [0.717, 1.165) is 29.9 Å². The van der Waals surface area contributed by atoms with Gasteiger partial charge in [0.1, 0.15) is 0 Å². The van der Waals surface area contributed by atoms with Crippen molar-refractivity contribution in [3.8, 4) is 55.6 Å². The van der Waals surface area contributed by atoms with Crippen molar-refractivity contribution in [2.24, 2.45) is 0 Å². The van der Waals surface area contributed by atoms with Gasteiger partial charge in [-0.15, -0.1) is 0 Å². The fourth-order valence-electron chi connectivity index (χ4n) is 7.66. The number of rotatable bonds is 9. The zero-order chi connectivity index (χ0) is 36.8. The molecule has 0 aromatic heterocycles. The fraction of sp³-hybridized carbons (Fsp3) is 0.0370. The highest BCUT2D eigenvalue weighted by molar-refractivity contribution is 5.90. The van der Waals surface area contributed by atoms with E-state index >= 15 is 0 Å². The number of allylic oxidation sites excluding steroid dienone is 4. The Morgan fingerprint density at radius 2 is 0.691 bits per heavy atom. The molecule has 0 amide bonds. The summed E-state index contributed by atoms with van der Waals surface area (Å²) in [5.74, 6) is 0. The molecule has 0 atom stereocenters. The predicted molar refractivity (Wildman–Crippen MR) is 235 cm³/mol. The van der Waals surface area contributed by atoms with Crippen molar-refractivity contribution >= 4 is 22.6 Å². The zero-order valence-electron chi connectivity index (χ0n) is 30.7. The number of nitrogens with zero attached hydrogens (tertiary/aromatic N) is 1. The Labute approximate surface area is 324 Å². The quantitative estimate of drug-likeness (QED) is 0.145. The number of hydrogen-bond acceptors (Lipinski definition) is 1. The molecule has 1 heteroatoms. The molecule has 0 saturated heterocycles. The van der Waals surface area contributed by atoms with E-state index < -0.39 is 0 Å². The van der Waals surface area contributed by atoms with Gasteiger partial charge in [0, 0.05) is 17.1 Å². The summed E-state index contributed by atoms with van der Waals surface area (Å²) in [5.41, 5.74) is 18.1. The van der Waals surface area contributed by atoms with E-state index in [-0.39, 0.29) is 0 Å². The van der Waals surface area contributed by atoms with Gasteiger partial charge < -0.3 is 4.90 Å². The highest BCUT2D eigenvalue weighted by Gasteiger charge is 2.17. The first-order chi connectivity index (χ1) is 27.3. The average molecular weight is 704 g/mol. The smallest absolute Gasteiger partial charge is 0.0468 e. The van der Waals surface area contributed by atoms with Crippen molar-refractivity contribution in [1.29, 1.82) is 0 Å². The van der Waals surface area contributed by atoms with Crippen LogP contribution >= 0.6 is 0 Å². The van der Waals surface area contributed by atoms with Crippen molar-refractivity contribution < 1.29 is 0 Å². The molecule has 1 nitrogen and oxygen atoms in total. The van der Waals surface area contributed by atoms with Crippen molar-refractivity contribution in [3.63, 3.8) is 0 Å². The Balaban J connectivity index is 1.11. The Kier molecular flexibility index (Phi) is 9.58. The molecule has 0 fully saturated rings. The fourth-order valence-corrected chi connectivity index (χ4v) is 7.66. The van der Waals surface area contributed by atoms with Gasteiger partial charge in [-0.05, 0) is 116 Å². The largest absolute Gasteiger partial charge is 0.310 e. The first-order valence-electron chi connectivity index (χ1n) is 19.1. The number of benzene rings is 8. The molecule has 1 aliphatic rings. The first kappa shape index (κ1) is 33.8. The monoisotopic (exact) mass is 703 g/mol. The van der Waals surface area contributed by atoms with Crippen LogP contribution in [0.15, 0.2) is 224 Å². The lowest BCUT2D eigenvalue weighted by molar-refractivity contribution is 1.05. The maximum absolute atomic E-state index is 2.37. The van der Waals surface area contributed by atoms with Crippen LogP contribution in [-0.4, -0.2) is 0 Å². The average Bonchev–Trinajstić information content (AvgIpc) is 3.28. The minimum atomic E-state index is 1.09. The minimum absolute atomic E-state index is 1.09. The number of anilines is 3.